The molecule has 0 radical (unpaired) electrons. The van der Waals surface area contributed by atoms with E-state index in [0.717, 1.165) is 47.6 Å². The third-order valence-corrected chi connectivity index (χ3v) is 4.59. The molecular formula is C20H21NO4. The number of nitrogens with zero attached hydrogens (tertiary/aromatic N) is 1. The van der Waals surface area contributed by atoms with Gasteiger partial charge in [0.25, 0.3) is 0 Å². The topological polar surface area (TPSA) is 79.5 Å². The normalized spacial score (nSPS) is 11.2. The minimum absolute atomic E-state index is 0.207. The summed E-state index contributed by atoms with van der Waals surface area (Å²) in [6, 6.07) is 10.1. The highest BCUT2D eigenvalue weighted by Crippen LogP contribution is 2.31. The largest absolute Gasteiger partial charge is 0.478 e. The SMILES string of the molecule is CCCCCCn1c2ccc(C(=O)O)cc2c2cc(C(=O)O)ccc21. The maximum absolute atomic E-state index is 11.3. The van der Waals surface area contributed by atoms with Crippen LogP contribution in [-0.4, -0.2) is 26.7 Å². The van der Waals surface area contributed by atoms with Crippen LogP contribution in [0.25, 0.3) is 21.8 Å². The van der Waals surface area contributed by atoms with Gasteiger partial charge in [-0.1, -0.05) is 26.2 Å². The van der Waals surface area contributed by atoms with E-state index in [1.54, 1.807) is 24.3 Å². The fourth-order valence-corrected chi connectivity index (χ4v) is 3.31. The van der Waals surface area contributed by atoms with Crippen molar-refractivity contribution in [2.24, 2.45) is 0 Å². The molecule has 25 heavy (non-hydrogen) atoms. The number of aryl methyl sites for hydroxylation is 1. The number of fused-ring (bicyclic) bond motifs is 3. The number of rotatable bonds is 7. The molecule has 0 aliphatic rings. The number of hydrogen-bond acceptors (Lipinski definition) is 2. The van der Waals surface area contributed by atoms with Gasteiger partial charge in [-0.05, 0) is 42.8 Å². The molecule has 0 atom stereocenters. The van der Waals surface area contributed by atoms with Crippen molar-refractivity contribution in [3.05, 3.63) is 47.5 Å². The molecule has 0 aliphatic carbocycles. The summed E-state index contributed by atoms with van der Waals surface area (Å²) in [4.78, 5) is 22.6. The predicted octanol–water partition coefficient (Wildman–Crippen LogP) is 4.77. The lowest BCUT2D eigenvalue weighted by atomic mass is 10.1. The zero-order valence-electron chi connectivity index (χ0n) is 14.2. The Kier molecular flexibility index (Phi) is 4.74. The van der Waals surface area contributed by atoms with E-state index in [0.29, 0.717) is 0 Å². The average molecular weight is 339 g/mol. The summed E-state index contributed by atoms with van der Waals surface area (Å²) >= 11 is 0. The second-order valence-corrected chi connectivity index (χ2v) is 6.29. The van der Waals surface area contributed by atoms with Crippen LogP contribution < -0.4 is 0 Å². The molecule has 0 saturated carbocycles. The van der Waals surface area contributed by atoms with E-state index >= 15 is 0 Å². The summed E-state index contributed by atoms with van der Waals surface area (Å²) in [6.07, 6.45) is 4.52. The quantitative estimate of drug-likeness (QED) is 0.608. The van der Waals surface area contributed by atoms with Crippen molar-refractivity contribution < 1.29 is 19.8 Å². The van der Waals surface area contributed by atoms with E-state index in [9.17, 15) is 19.8 Å². The number of carboxylic acids is 2. The van der Waals surface area contributed by atoms with Gasteiger partial charge >= 0.3 is 11.9 Å². The first kappa shape index (κ1) is 17.0. The minimum Gasteiger partial charge on any atom is -0.478 e. The predicted molar refractivity (Wildman–Crippen MR) is 97.5 cm³/mol. The Morgan fingerprint density at radius 2 is 1.36 bits per heavy atom. The molecule has 0 saturated heterocycles. The zero-order valence-corrected chi connectivity index (χ0v) is 14.2. The molecule has 130 valence electrons. The molecule has 0 aliphatic heterocycles. The van der Waals surface area contributed by atoms with E-state index in [-0.39, 0.29) is 11.1 Å². The average Bonchev–Trinajstić information content (AvgIpc) is 2.91. The number of unbranched alkanes of at least 4 members (excludes halogenated alkanes) is 3. The maximum Gasteiger partial charge on any atom is 0.335 e. The van der Waals surface area contributed by atoms with Crippen molar-refractivity contribution in [1.82, 2.24) is 4.57 Å². The van der Waals surface area contributed by atoms with Gasteiger partial charge in [-0.2, -0.15) is 0 Å². The first-order chi connectivity index (χ1) is 12.0. The first-order valence-corrected chi connectivity index (χ1v) is 8.55. The van der Waals surface area contributed by atoms with Crippen LogP contribution in [0.1, 0.15) is 53.3 Å². The van der Waals surface area contributed by atoms with Crippen LogP contribution in [0.5, 0.6) is 0 Å². The third-order valence-electron chi connectivity index (χ3n) is 4.59. The van der Waals surface area contributed by atoms with Crippen molar-refractivity contribution in [2.75, 3.05) is 0 Å². The van der Waals surface area contributed by atoms with Crippen molar-refractivity contribution in [2.45, 2.75) is 39.2 Å². The summed E-state index contributed by atoms with van der Waals surface area (Å²) < 4.78 is 2.16. The number of benzene rings is 2. The highest BCUT2D eigenvalue weighted by atomic mass is 16.4. The van der Waals surface area contributed by atoms with E-state index < -0.39 is 11.9 Å². The van der Waals surface area contributed by atoms with Crippen LogP contribution in [0.3, 0.4) is 0 Å². The van der Waals surface area contributed by atoms with E-state index in [1.165, 1.54) is 6.42 Å². The Morgan fingerprint density at radius 3 is 1.80 bits per heavy atom. The number of carboxylic acid groups (broad SMARTS) is 2. The standard InChI is InChI=1S/C20H21NO4/c1-2-3-4-5-10-21-17-8-6-13(19(22)23)11-15(17)16-12-14(20(24)25)7-9-18(16)21/h6-9,11-12H,2-5,10H2,1H3,(H,22,23)(H,24,25). The molecule has 0 spiro atoms. The molecule has 2 N–H and O–H groups in total. The highest BCUT2D eigenvalue weighted by molar-refractivity contribution is 6.11. The molecule has 2 aromatic carbocycles. The van der Waals surface area contributed by atoms with E-state index in [4.69, 9.17) is 0 Å². The molecule has 0 fully saturated rings. The van der Waals surface area contributed by atoms with Gasteiger partial charge in [-0.3, -0.25) is 0 Å². The summed E-state index contributed by atoms with van der Waals surface area (Å²) in [5.41, 5.74) is 2.30. The van der Waals surface area contributed by atoms with Gasteiger partial charge in [-0.15, -0.1) is 0 Å². The summed E-state index contributed by atoms with van der Waals surface area (Å²) in [7, 11) is 0. The Labute approximate surface area is 145 Å². The Bertz CT molecular complexity index is 884. The van der Waals surface area contributed by atoms with Crippen LogP contribution >= 0.6 is 0 Å². The summed E-state index contributed by atoms with van der Waals surface area (Å²) in [5.74, 6) is -1.97. The van der Waals surface area contributed by atoms with Gasteiger partial charge in [-0.25, -0.2) is 9.59 Å². The van der Waals surface area contributed by atoms with Crippen LogP contribution in [0.15, 0.2) is 36.4 Å². The van der Waals surface area contributed by atoms with Gasteiger partial charge in [0.2, 0.25) is 0 Å². The molecular weight excluding hydrogens is 318 g/mol. The molecule has 1 heterocycles. The molecule has 0 bridgehead atoms. The van der Waals surface area contributed by atoms with Crippen LogP contribution in [0.2, 0.25) is 0 Å². The van der Waals surface area contributed by atoms with Crippen molar-refractivity contribution >= 4 is 33.7 Å². The summed E-state index contributed by atoms with van der Waals surface area (Å²) in [5, 5.41) is 20.1. The van der Waals surface area contributed by atoms with Crippen LogP contribution in [-0.2, 0) is 6.54 Å². The fraction of sp³-hybridized carbons (Fsp3) is 0.300. The molecule has 5 heteroatoms. The zero-order chi connectivity index (χ0) is 18.0. The van der Waals surface area contributed by atoms with Gasteiger partial charge < -0.3 is 14.8 Å². The molecule has 0 unspecified atom stereocenters. The second-order valence-electron chi connectivity index (χ2n) is 6.29. The molecule has 0 amide bonds. The number of aromatic carboxylic acids is 2. The van der Waals surface area contributed by atoms with Crippen molar-refractivity contribution in [3.8, 4) is 0 Å². The third kappa shape index (κ3) is 3.22. The van der Waals surface area contributed by atoms with Crippen molar-refractivity contribution in [1.29, 1.82) is 0 Å². The van der Waals surface area contributed by atoms with Crippen molar-refractivity contribution in [3.63, 3.8) is 0 Å². The minimum atomic E-state index is -0.986. The molecule has 3 aromatic rings. The lowest BCUT2D eigenvalue weighted by Crippen LogP contribution is -1.99. The van der Waals surface area contributed by atoms with Crippen LogP contribution in [0.4, 0.5) is 0 Å². The monoisotopic (exact) mass is 339 g/mol. The Hall–Kier alpha value is -2.82. The Balaban J connectivity index is 2.18. The maximum atomic E-state index is 11.3. The molecule has 1 aromatic heterocycles. The first-order valence-electron chi connectivity index (χ1n) is 8.55. The summed E-state index contributed by atoms with van der Waals surface area (Å²) in [6.45, 7) is 3.00. The smallest absolute Gasteiger partial charge is 0.335 e. The fourth-order valence-electron chi connectivity index (χ4n) is 3.31. The second kappa shape index (κ2) is 6.97. The Morgan fingerprint density at radius 1 is 0.840 bits per heavy atom. The van der Waals surface area contributed by atoms with E-state index in [1.807, 2.05) is 12.1 Å². The van der Waals surface area contributed by atoms with Gasteiger partial charge in [0, 0.05) is 28.4 Å². The lowest BCUT2D eigenvalue weighted by Gasteiger charge is -2.07. The lowest BCUT2D eigenvalue weighted by molar-refractivity contribution is 0.0686. The van der Waals surface area contributed by atoms with Gasteiger partial charge in [0.15, 0.2) is 0 Å². The number of hydrogen-bond donors (Lipinski definition) is 2. The van der Waals surface area contributed by atoms with Gasteiger partial charge in [0.1, 0.15) is 0 Å². The molecule has 3 rings (SSSR count). The number of aromatic nitrogens is 1. The van der Waals surface area contributed by atoms with Crippen LogP contribution in [0, 0.1) is 0 Å². The highest BCUT2D eigenvalue weighted by Gasteiger charge is 2.15. The number of carbonyl (C=O) groups is 2. The van der Waals surface area contributed by atoms with Gasteiger partial charge in [0.05, 0.1) is 11.1 Å². The van der Waals surface area contributed by atoms with E-state index in [2.05, 4.69) is 11.5 Å². The molecule has 5 nitrogen and oxygen atoms in total.